The normalized spacial score (nSPS) is 19.2. The summed E-state index contributed by atoms with van der Waals surface area (Å²) in [5.74, 6) is -2.25. The lowest BCUT2D eigenvalue weighted by Gasteiger charge is -2.43. The molecule has 8 saturated heterocycles. The summed E-state index contributed by atoms with van der Waals surface area (Å²) in [5.41, 5.74) is 17.8. The second-order valence-electron chi connectivity index (χ2n) is 29.9. The van der Waals surface area contributed by atoms with Crippen molar-refractivity contribution in [2.24, 2.45) is 5.84 Å². The lowest BCUT2D eigenvalue weighted by Crippen LogP contribution is -2.65. The van der Waals surface area contributed by atoms with E-state index >= 15 is 0 Å². The van der Waals surface area contributed by atoms with Gasteiger partial charge >= 0.3 is 84.1 Å². The molecule has 50 heteroatoms. The van der Waals surface area contributed by atoms with Crippen LogP contribution in [-0.4, -0.2) is 332 Å². The summed E-state index contributed by atoms with van der Waals surface area (Å²) in [6.07, 6.45) is 5.20. The number of urea groups is 4. The number of carboxylic acid groups (broad SMARTS) is 2. The van der Waals surface area contributed by atoms with E-state index in [-0.39, 0.29) is 102 Å². The first-order chi connectivity index (χ1) is 63.0. The maximum Gasteiger partial charge on any atom is 0.424 e. The van der Waals surface area contributed by atoms with E-state index in [4.69, 9.17) is 39.7 Å². The Bertz CT molecular complexity index is 4490. The first-order valence-corrected chi connectivity index (χ1v) is 42.1. The Hall–Kier alpha value is -14.3. The number of rotatable bonds is 19. The number of methoxy groups -OCH3 is 5. The highest BCUT2D eigenvalue weighted by molar-refractivity contribution is 5.92. The predicted octanol–water partition coefficient (Wildman–Crippen LogP) is 1.22. The molecule has 8 aliphatic heterocycles. The van der Waals surface area contributed by atoms with Crippen LogP contribution in [0.3, 0.4) is 0 Å². The number of hydrazine groups is 10. The maximum atomic E-state index is 13.3. The second kappa shape index (κ2) is 54.2. The van der Waals surface area contributed by atoms with E-state index in [0.717, 1.165) is 68.2 Å². The van der Waals surface area contributed by atoms with Crippen LogP contribution < -0.4 is 38.4 Å². The molecule has 0 spiro atoms. The molecule has 3 aromatic carbocycles. The zero-order valence-corrected chi connectivity index (χ0v) is 74.8. The molecule has 0 radical (unpaired) electrons. The van der Waals surface area contributed by atoms with Crippen molar-refractivity contribution in [1.29, 1.82) is 0 Å². The Morgan fingerprint density at radius 3 is 1.32 bits per heavy atom. The number of nitrogens with one attached hydrogen (secondary N) is 6. The van der Waals surface area contributed by atoms with E-state index in [2.05, 4.69) is 46.8 Å². The molecule has 724 valence electrons. The zero-order chi connectivity index (χ0) is 97.3. The van der Waals surface area contributed by atoms with Crippen molar-refractivity contribution in [2.75, 3.05) is 101 Å². The number of benzene rings is 3. The maximum absolute atomic E-state index is 13.3. The Balaban J connectivity index is 0.000000246. The van der Waals surface area contributed by atoms with Gasteiger partial charge in [-0.25, -0.2) is 130 Å². The summed E-state index contributed by atoms with van der Waals surface area (Å²) in [5, 5.41) is 31.9. The first-order valence-electron chi connectivity index (χ1n) is 42.1. The van der Waals surface area contributed by atoms with Gasteiger partial charge in [-0.3, -0.25) is 69.2 Å². The molecule has 0 bridgehead atoms. The summed E-state index contributed by atoms with van der Waals surface area (Å²) >= 11 is 0. The third-order valence-corrected chi connectivity index (χ3v) is 20.4. The minimum Gasteiger partial charge on any atom is -0.481 e. The Labute approximate surface area is 759 Å². The van der Waals surface area contributed by atoms with Crippen LogP contribution in [0, 0.1) is 0 Å². The minimum atomic E-state index is -1.11. The van der Waals surface area contributed by atoms with E-state index < -0.39 is 138 Å². The lowest BCUT2D eigenvalue weighted by molar-refractivity contribution is -0.166. The van der Waals surface area contributed by atoms with Gasteiger partial charge in [0.25, 0.3) is 0 Å². The third-order valence-electron chi connectivity index (χ3n) is 20.4. The molecule has 0 aromatic heterocycles. The molecule has 0 saturated carbocycles. The van der Waals surface area contributed by atoms with Crippen LogP contribution in [0.2, 0.25) is 0 Å². The number of amides is 16. The van der Waals surface area contributed by atoms with E-state index in [1.165, 1.54) is 83.3 Å². The van der Waals surface area contributed by atoms with Crippen LogP contribution in [0.1, 0.15) is 147 Å². The fraction of sp³-hybridized carbons (Fsp3) is 0.537. The molecule has 8 aliphatic rings. The molecule has 16 amide bonds. The number of ether oxygens (including phenoxy) is 8. The molecule has 3 aromatic rings. The Morgan fingerprint density at radius 1 is 0.447 bits per heavy atom. The third kappa shape index (κ3) is 32.7. The average molecular weight is 1860 g/mol. The number of hydrogen-bond acceptors (Lipinski definition) is 32. The predicted molar refractivity (Wildman–Crippen MR) is 451 cm³/mol. The van der Waals surface area contributed by atoms with Gasteiger partial charge in [0.2, 0.25) is 35.4 Å². The number of hydrogen-bond donors (Lipinski definition) is 9. The summed E-state index contributed by atoms with van der Waals surface area (Å²) in [6, 6.07) is 20.5. The van der Waals surface area contributed by atoms with Crippen molar-refractivity contribution < 1.29 is 144 Å². The molecule has 132 heavy (non-hydrogen) atoms. The lowest BCUT2D eigenvalue weighted by atomic mass is 10.1. The molecule has 0 unspecified atom stereocenters. The van der Waals surface area contributed by atoms with Gasteiger partial charge in [0.05, 0.1) is 68.0 Å². The zero-order valence-electron chi connectivity index (χ0n) is 74.8. The summed E-state index contributed by atoms with van der Waals surface area (Å²) in [4.78, 5) is 237. The van der Waals surface area contributed by atoms with Crippen LogP contribution >= 0.6 is 0 Å². The van der Waals surface area contributed by atoms with E-state index in [0.29, 0.717) is 96.9 Å². The molecule has 11 rings (SSSR count). The van der Waals surface area contributed by atoms with Gasteiger partial charge in [0, 0.05) is 86.3 Å². The molecule has 10 N–H and O–H groups in total. The monoisotopic (exact) mass is 1860 g/mol. The number of carbonyl (C=O) groups is 20. The van der Waals surface area contributed by atoms with Crippen molar-refractivity contribution in [1.82, 2.24) is 97.7 Å². The van der Waals surface area contributed by atoms with Crippen molar-refractivity contribution in [3.05, 3.63) is 108 Å². The second-order valence-corrected chi connectivity index (χ2v) is 29.9. The average Bonchev–Trinajstić information content (AvgIpc) is 1.73. The van der Waals surface area contributed by atoms with Crippen LogP contribution in [0.15, 0.2) is 91.0 Å². The van der Waals surface area contributed by atoms with Gasteiger partial charge in [-0.1, -0.05) is 91.0 Å². The highest BCUT2D eigenvalue weighted by Gasteiger charge is 2.47. The van der Waals surface area contributed by atoms with Crippen LogP contribution in [0.25, 0.3) is 0 Å². The summed E-state index contributed by atoms with van der Waals surface area (Å²) in [7, 11) is 6.22. The number of nitrogens with two attached hydrogens (primary N) is 1. The standard InChI is InChI=1S/C21H28N4O7.C14H18N2O4.C13H16N2O4.C12H20N4O6.C12H18N4O5.C10H16N4O4/c1-15(26)22-23(13-11-19(28)32-14-17-8-5-4-6-9-17)21(30)25-18(20(29)31-3)10-7-12-24(25)16(2)27;1-19-13(17)12-8-5-9-16(15-12)14(18)20-10-11-6-3-2-4-7-11;16-12(17)11-7-4-8-15(14-11)13(18)19-9-10-5-2-1-3-6-10;1-8(17)14-15(7-5-10(18)19)12(21)16-9(11(20)22-2)4-3-6-13-16;1-8(17)13-14-7-5-10(18)15-6-3-4-9(11(19)21-2)16(15)12(14)20;1-18-9(16)7-3-2-5-13-8(15)4-6-12(11)10(17)14(7)13/h4-6,8-9,18H,7,10-14H2,1-3H3,(H,22,26);2-4,6-7,12,15H,5,8-10H2,1H3;1-3,5-6,11,14H,4,7-9H2,(H,16,17);9,13H,3-7H2,1-2H3,(H,14,17)(H,18,19);9H,3-7H2,1-2H3,(H,13,17);7H,2-6,11H2,1H3/t18-;12-;11-;2*9-;7-/m000000/s1. The molecular weight excluding hydrogens is 1750 g/mol. The number of aliphatic carboxylic acids is 2. The highest BCUT2D eigenvalue weighted by Crippen LogP contribution is 2.28. The van der Waals surface area contributed by atoms with Gasteiger partial charge in [0.15, 0.2) is 18.1 Å². The van der Waals surface area contributed by atoms with E-state index in [1.54, 1.807) is 12.1 Å². The van der Waals surface area contributed by atoms with Crippen molar-refractivity contribution in [3.8, 4) is 0 Å². The van der Waals surface area contributed by atoms with E-state index in [9.17, 15) is 95.9 Å². The number of carboxylic acids is 2. The van der Waals surface area contributed by atoms with Crippen molar-refractivity contribution in [3.63, 3.8) is 0 Å². The van der Waals surface area contributed by atoms with Gasteiger partial charge in [-0.2, -0.15) is 0 Å². The van der Waals surface area contributed by atoms with Gasteiger partial charge in [-0.15, -0.1) is 0 Å². The Kier molecular flexibility index (Phi) is 43.8. The topological polar surface area (TPSA) is 596 Å². The van der Waals surface area contributed by atoms with Crippen molar-refractivity contribution >= 4 is 120 Å². The number of fused-ring (bicyclic) bond motifs is 2. The largest absolute Gasteiger partial charge is 0.481 e. The van der Waals surface area contributed by atoms with Crippen LogP contribution in [-0.2, 0) is 125 Å². The Morgan fingerprint density at radius 2 is 0.856 bits per heavy atom. The minimum absolute atomic E-state index is 0.0676. The van der Waals surface area contributed by atoms with E-state index in [1.807, 2.05) is 78.9 Å². The molecule has 8 fully saturated rings. The fourth-order valence-electron chi connectivity index (χ4n) is 14.0. The van der Waals surface area contributed by atoms with Gasteiger partial charge in [-0.05, 0) is 93.7 Å². The highest BCUT2D eigenvalue weighted by atomic mass is 16.6. The smallest absolute Gasteiger partial charge is 0.424 e. The van der Waals surface area contributed by atoms with Crippen LogP contribution in [0.5, 0.6) is 0 Å². The van der Waals surface area contributed by atoms with Gasteiger partial charge in [0.1, 0.15) is 37.9 Å². The molecule has 8 heterocycles. The molecular formula is C82H116N20O30. The SMILES string of the molecule is COC(=O)[C@@H]1CCCN(C(=O)OCc2ccccc2)N1.COC(=O)[C@@H]1CCCN(C(C)=O)N1C(=O)N(CCC(=O)OCc1ccccc1)NC(C)=O.COC(=O)[C@@H]1CCCN2C(=O)CCN(N)C(=O)N12.COC(=O)[C@@H]1CCCN2C(=O)CCN(NC(C)=O)C(=O)N12.COC(=O)[C@@H]1CCCNN1C(=O)N(CCC(=O)O)NC(C)=O.O=C(O)[C@@H]1CCCN(C(=O)OCc2ccccc2)N1. The molecule has 0 aliphatic carbocycles. The number of nitrogens with zero attached hydrogens (tertiary/aromatic N) is 13. The van der Waals surface area contributed by atoms with Gasteiger partial charge < -0.3 is 48.1 Å². The molecule has 6 atom stereocenters. The number of esters is 6. The van der Waals surface area contributed by atoms with Crippen molar-refractivity contribution in [2.45, 2.75) is 186 Å². The summed E-state index contributed by atoms with van der Waals surface area (Å²) in [6.45, 7) is 7.63. The fourth-order valence-corrected chi connectivity index (χ4v) is 14.0. The first kappa shape index (κ1) is 106. The quantitative estimate of drug-likeness (QED) is 0.0268. The van der Waals surface area contributed by atoms with Crippen LogP contribution in [0.4, 0.5) is 28.8 Å². The number of carbonyl (C=O) groups excluding carboxylic acids is 18. The molecule has 50 nitrogen and oxygen atoms in total. The summed E-state index contributed by atoms with van der Waals surface area (Å²) < 4.78 is 39.0.